The molecule has 136 valence electrons. The number of nitrogens with one attached hydrogen (secondary N) is 1. The van der Waals surface area contributed by atoms with Gasteiger partial charge in [-0.15, -0.1) is 0 Å². The minimum Gasteiger partial charge on any atom is -0.508 e. The van der Waals surface area contributed by atoms with E-state index in [9.17, 15) is 14.7 Å². The van der Waals surface area contributed by atoms with Gasteiger partial charge in [0.1, 0.15) is 11.9 Å². The largest absolute Gasteiger partial charge is 0.508 e. The summed E-state index contributed by atoms with van der Waals surface area (Å²) in [4.78, 5) is 23.0. The zero-order valence-electron chi connectivity index (χ0n) is 13.9. The first-order valence-corrected chi connectivity index (χ1v) is 8.57. The number of aliphatic carboxylic acids is 1. The Hall–Kier alpha value is -2.80. The predicted molar refractivity (Wildman–Crippen MR) is 101 cm³/mol. The van der Waals surface area contributed by atoms with E-state index in [1.165, 1.54) is 18.2 Å². The molecule has 26 heavy (non-hydrogen) atoms. The Balaban J connectivity index is 2.16. The van der Waals surface area contributed by atoms with Crippen LogP contribution >= 0.6 is 15.9 Å². The maximum Gasteiger partial charge on any atom is 0.412 e. The number of carbonyl (C=O) groups excluding carboxylic acids is 1. The van der Waals surface area contributed by atoms with Gasteiger partial charge in [-0.1, -0.05) is 41.1 Å². The van der Waals surface area contributed by atoms with E-state index in [0.717, 1.165) is 10.5 Å². The molecule has 3 N–H and O–H groups in total. The molecular weight excluding hydrogens is 402 g/mol. The number of anilines is 1. The maximum atomic E-state index is 12.3. The van der Waals surface area contributed by atoms with Crippen molar-refractivity contribution in [2.75, 3.05) is 5.32 Å². The normalized spacial score (nSPS) is 13.2. The van der Waals surface area contributed by atoms with Crippen molar-refractivity contribution in [2.45, 2.75) is 13.0 Å². The van der Waals surface area contributed by atoms with Gasteiger partial charge < -0.3 is 14.9 Å². The molecule has 2 aromatic rings. The predicted octanol–water partition coefficient (Wildman–Crippen LogP) is 4.72. The van der Waals surface area contributed by atoms with Gasteiger partial charge in [-0.3, -0.25) is 5.32 Å². The average Bonchev–Trinajstić information content (AvgIpc) is 2.60. The van der Waals surface area contributed by atoms with Crippen molar-refractivity contribution >= 4 is 33.7 Å². The van der Waals surface area contributed by atoms with Gasteiger partial charge in [-0.05, 0) is 42.0 Å². The first-order valence-electron chi connectivity index (χ1n) is 7.78. The number of carboxylic acids is 1. The van der Waals surface area contributed by atoms with Crippen LogP contribution in [0.2, 0.25) is 0 Å². The highest BCUT2D eigenvalue weighted by Crippen LogP contribution is 2.29. The molecule has 0 bridgehead atoms. The van der Waals surface area contributed by atoms with Crippen molar-refractivity contribution in [2.24, 2.45) is 5.92 Å². The summed E-state index contributed by atoms with van der Waals surface area (Å²) >= 11 is 3.32. The van der Waals surface area contributed by atoms with Crippen LogP contribution in [0.1, 0.15) is 18.6 Å². The van der Waals surface area contributed by atoms with Crippen molar-refractivity contribution in [1.82, 2.24) is 0 Å². The molecule has 0 saturated carbocycles. The fraction of sp³-hybridized carbons (Fsp3) is 0.158. The molecule has 0 fully saturated rings. The monoisotopic (exact) mass is 419 g/mol. The Bertz CT molecular complexity index is 787. The maximum absolute atomic E-state index is 12.3. The molecule has 1 amide bonds. The lowest BCUT2D eigenvalue weighted by Gasteiger charge is -2.22. The summed E-state index contributed by atoms with van der Waals surface area (Å²) in [6, 6.07) is 13.2. The number of aromatic hydroxyl groups is 1. The van der Waals surface area contributed by atoms with E-state index >= 15 is 0 Å². The van der Waals surface area contributed by atoms with Crippen LogP contribution in [0, 0.1) is 5.92 Å². The van der Waals surface area contributed by atoms with E-state index in [0.29, 0.717) is 11.3 Å². The molecule has 7 heteroatoms. The molecule has 0 aliphatic rings. The van der Waals surface area contributed by atoms with Gasteiger partial charge in [0, 0.05) is 22.2 Å². The molecule has 0 aliphatic carbocycles. The van der Waals surface area contributed by atoms with E-state index in [2.05, 4.69) is 21.2 Å². The topological polar surface area (TPSA) is 95.9 Å². The van der Waals surface area contributed by atoms with Crippen molar-refractivity contribution < 1.29 is 24.5 Å². The lowest BCUT2D eigenvalue weighted by atomic mass is 9.96. The Labute approximate surface area is 159 Å². The summed E-state index contributed by atoms with van der Waals surface area (Å²) in [6.07, 6.45) is 1.07. The molecule has 0 radical (unpaired) electrons. The van der Waals surface area contributed by atoms with Crippen LogP contribution in [-0.2, 0) is 9.53 Å². The van der Waals surface area contributed by atoms with Crippen LogP contribution in [0.4, 0.5) is 10.5 Å². The molecule has 6 nitrogen and oxygen atoms in total. The van der Waals surface area contributed by atoms with Gasteiger partial charge in [0.05, 0.1) is 0 Å². The first-order chi connectivity index (χ1) is 12.3. The Morgan fingerprint density at radius 3 is 2.31 bits per heavy atom. The lowest BCUT2D eigenvalue weighted by molar-refractivity contribution is -0.131. The third-order valence-electron chi connectivity index (χ3n) is 3.57. The number of halogens is 1. The summed E-state index contributed by atoms with van der Waals surface area (Å²) in [6.45, 7) is 1.74. The average molecular weight is 420 g/mol. The van der Waals surface area contributed by atoms with Gasteiger partial charge in [0.15, 0.2) is 0 Å². The summed E-state index contributed by atoms with van der Waals surface area (Å²) < 4.78 is 6.40. The smallest absolute Gasteiger partial charge is 0.412 e. The lowest BCUT2D eigenvalue weighted by Crippen LogP contribution is -2.21. The number of phenolic OH excluding ortho intramolecular Hbond substituents is 1. The molecule has 0 aromatic heterocycles. The van der Waals surface area contributed by atoms with Crippen LogP contribution in [0.25, 0.3) is 0 Å². The van der Waals surface area contributed by atoms with Gasteiger partial charge >= 0.3 is 12.1 Å². The fourth-order valence-electron chi connectivity index (χ4n) is 2.27. The standard InChI is InChI=1S/C19H18BrNO5/c1-12(2-11-17(23)24)18(13-3-9-16(22)10-4-13)26-19(25)21-15-7-5-14(20)6-8-15/h2-12,18,22H,1H3,(H,21,25)(H,23,24)/b11-2+/t12-,18-/m1/s1. The summed E-state index contributed by atoms with van der Waals surface area (Å²) in [5.74, 6) is -1.40. The molecule has 0 heterocycles. The van der Waals surface area contributed by atoms with Crippen molar-refractivity contribution in [3.05, 3.63) is 70.7 Å². The van der Waals surface area contributed by atoms with Crippen LogP contribution in [0.15, 0.2) is 65.2 Å². The number of hydrogen-bond acceptors (Lipinski definition) is 4. The van der Waals surface area contributed by atoms with E-state index in [1.54, 1.807) is 43.3 Å². The van der Waals surface area contributed by atoms with Crippen LogP contribution in [0.5, 0.6) is 5.75 Å². The second-order valence-electron chi connectivity index (χ2n) is 5.61. The number of benzene rings is 2. The fourth-order valence-corrected chi connectivity index (χ4v) is 2.54. The number of amides is 1. The molecule has 0 spiro atoms. The van der Waals surface area contributed by atoms with Crippen molar-refractivity contribution in [3.63, 3.8) is 0 Å². The highest BCUT2D eigenvalue weighted by Gasteiger charge is 2.22. The van der Waals surface area contributed by atoms with Crippen LogP contribution < -0.4 is 5.32 Å². The Kier molecular flexibility index (Phi) is 6.80. The Morgan fingerprint density at radius 2 is 1.73 bits per heavy atom. The van der Waals surface area contributed by atoms with Crippen molar-refractivity contribution in [1.29, 1.82) is 0 Å². The number of rotatable bonds is 6. The zero-order chi connectivity index (χ0) is 19.1. The van der Waals surface area contributed by atoms with Crippen LogP contribution in [-0.4, -0.2) is 22.3 Å². The number of hydrogen-bond donors (Lipinski definition) is 3. The molecule has 0 unspecified atom stereocenters. The summed E-state index contributed by atoms with van der Waals surface area (Å²) in [5.41, 5.74) is 1.20. The van der Waals surface area contributed by atoms with E-state index in [1.807, 2.05) is 0 Å². The molecule has 2 rings (SSSR count). The second kappa shape index (κ2) is 9.05. The quantitative estimate of drug-likeness (QED) is 0.588. The number of carbonyl (C=O) groups is 2. The highest BCUT2D eigenvalue weighted by atomic mass is 79.9. The molecule has 2 atom stereocenters. The summed E-state index contributed by atoms with van der Waals surface area (Å²) in [7, 11) is 0. The van der Waals surface area contributed by atoms with E-state index in [-0.39, 0.29) is 5.75 Å². The van der Waals surface area contributed by atoms with Crippen LogP contribution in [0.3, 0.4) is 0 Å². The molecule has 0 saturated heterocycles. The molecular formula is C19H18BrNO5. The number of ether oxygens (including phenoxy) is 1. The molecule has 2 aromatic carbocycles. The van der Waals surface area contributed by atoms with Crippen molar-refractivity contribution in [3.8, 4) is 5.75 Å². The highest BCUT2D eigenvalue weighted by molar-refractivity contribution is 9.10. The SMILES string of the molecule is C[C@H](/C=C/C(=O)O)[C@@H](OC(=O)Nc1ccc(Br)cc1)c1ccc(O)cc1. The summed E-state index contributed by atoms with van der Waals surface area (Å²) in [5, 5.41) is 20.9. The van der Waals surface area contributed by atoms with Gasteiger partial charge in [0.2, 0.25) is 0 Å². The first kappa shape index (κ1) is 19.5. The van der Waals surface area contributed by atoms with E-state index < -0.39 is 24.1 Å². The Morgan fingerprint density at radius 1 is 1.12 bits per heavy atom. The van der Waals surface area contributed by atoms with Gasteiger partial charge in [0.25, 0.3) is 0 Å². The minimum atomic E-state index is -1.08. The van der Waals surface area contributed by atoms with E-state index in [4.69, 9.17) is 9.84 Å². The van der Waals surface area contributed by atoms with Gasteiger partial charge in [-0.2, -0.15) is 0 Å². The van der Waals surface area contributed by atoms with Gasteiger partial charge in [-0.25, -0.2) is 9.59 Å². The number of phenols is 1. The second-order valence-corrected chi connectivity index (χ2v) is 6.52. The zero-order valence-corrected chi connectivity index (χ0v) is 15.5. The minimum absolute atomic E-state index is 0.0838. The third-order valence-corrected chi connectivity index (χ3v) is 4.09. The third kappa shape index (κ3) is 5.93. The number of carboxylic acid groups (broad SMARTS) is 1. The molecule has 0 aliphatic heterocycles.